The molecule has 32 heavy (non-hydrogen) atoms. The summed E-state index contributed by atoms with van der Waals surface area (Å²) in [5.41, 5.74) is 0.207. The second-order valence-corrected chi connectivity index (χ2v) is 7.84. The maximum Gasteiger partial charge on any atom is 0.311 e. The fourth-order valence-electron chi connectivity index (χ4n) is 3.35. The molecular weight excluding hydrogens is 432 g/mol. The highest BCUT2D eigenvalue weighted by atomic mass is 32.2. The molecule has 0 aliphatic carbocycles. The second-order valence-electron chi connectivity index (χ2n) is 6.85. The number of benzene rings is 3. The number of thioether (sulfide) groups is 1. The van der Waals surface area contributed by atoms with Crippen molar-refractivity contribution in [3.05, 3.63) is 81.2 Å². The number of hydrogen-bond donors (Lipinski definition) is 0. The van der Waals surface area contributed by atoms with Crippen LogP contribution in [0.1, 0.15) is 5.56 Å². The molecule has 0 radical (unpaired) electrons. The van der Waals surface area contributed by atoms with Crippen LogP contribution < -0.4 is 9.47 Å². The number of carbonyl (C=O) groups is 2. The molecule has 2 amide bonds. The van der Waals surface area contributed by atoms with Gasteiger partial charge in [0.2, 0.25) is 0 Å². The van der Waals surface area contributed by atoms with Gasteiger partial charge in [0.25, 0.3) is 11.1 Å². The van der Waals surface area contributed by atoms with E-state index in [1.807, 2.05) is 42.5 Å². The molecule has 3 aromatic carbocycles. The molecule has 162 valence electrons. The van der Waals surface area contributed by atoms with Crippen molar-refractivity contribution in [1.29, 1.82) is 0 Å². The minimum Gasteiger partial charge on any atom is -0.491 e. The van der Waals surface area contributed by atoms with E-state index in [0.717, 1.165) is 27.4 Å². The summed E-state index contributed by atoms with van der Waals surface area (Å²) in [6, 6.07) is 17.8. The van der Waals surface area contributed by atoms with Crippen LogP contribution in [0.5, 0.6) is 11.5 Å². The predicted molar refractivity (Wildman–Crippen MR) is 122 cm³/mol. The molecule has 1 heterocycles. The van der Waals surface area contributed by atoms with E-state index in [-0.39, 0.29) is 29.5 Å². The van der Waals surface area contributed by atoms with E-state index in [1.54, 1.807) is 6.07 Å². The first-order chi connectivity index (χ1) is 15.5. The Morgan fingerprint density at radius 2 is 1.84 bits per heavy atom. The van der Waals surface area contributed by atoms with Crippen molar-refractivity contribution in [2.45, 2.75) is 0 Å². The van der Waals surface area contributed by atoms with E-state index >= 15 is 0 Å². The van der Waals surface area contributed by atoms with Crippen LogP contribution >= 0.6 is 11.8 Å². The van der Waals surface area contributed by atoms with Crippen LogP contribution in [-0.2, 0) is 4.79 Å². The number of fused-ring (bicyclic) bond motifs is 1. The minimum absolute atomic E-state index is 0.0913. The SMILES string of the molecule is COc1ccc(/C=C2\SC(=O)N(CCOc3cccc4ccccc34)C2=O)cc1[N+](=O)[O-]. The van der Waals surface area contributed by atoms with Crippen LogP contribution in [0, 0.1) is 10.1 Å². The number of hydrogen-bond acceptors (Lipinski definition) is 7. The Morgan fingerprint density at radius 1 is 1.06 bits per heavy atom. The smallest absolute Gasteiger partial charge is 0.311 e. The molecule has 0 atom stereocenters. The average molecular weight is 450 g/mol. The molecule has 0 saturated carbocycles. The quantitative estimate of drug-likeness (QED) is 0.288. The Bertz CT molecular complexity index is 1250. The van der Waals surface area contributed by atoms with E-state index in [2.05, 4.69) is 0 Å². The van der Waals surface area contributed by atoms with Gasteiger partial charge in [0.05, 0.1) is 23.5 Å². The fourth-order valence-corrected chi connectivity index (χ4v) is 4.22. The highest BCUT2D eigenvalue weighted by Gasteiger charge is 2.35. The first-order valence-corrected chi connectivity index (χ1v) is 10.5. The maximum absolute atomic E-state index is 12.7. The summed E-state index contributed by atoms with van der Waals surface area (Å²) < 4.78 is 10.8. The molecule has 0 bridgehead atoms. The van der Waals surface area contributed by atoms with Crippen molar-refractivity contribution in [2.75, 3.05) is 20.3 Å². The first-order valence-electron chi connectivity index (χ1n) is 9.66. The Kier molecular flexibility index (Phi) is 6.09. The Hall–Kier alpha value is -3.85. The molecule has 0 unspecified atom stereocenters. The van der Waals surface area contributed by atoms with Crippen LogP contribution in [0.2, 0.25) is 0 Å². The normalized spacial score (nSPS) is 14.9. The summed E-state index contributed by atoms with van der Waals surface area (Å²) in [5.74, 6) is 0.335. The van der Waals surface area contributed by atoms with Gasteiger partial charge in [0.15, 0.2) is 5.75 Å². The third kappa shape index (κ3) is 4.28. The number of methoxy groups -OCH3 is 1. The number of carbonyl (C=O) groups excluding carboxylic acids is 2. The maximum atomic E-state index is 12.7. The highest BCUT2D eigenvalue weighted by Crippen LogP contribution is 2.34. The lowest BCUT2D eigenvalue weighted by molar-refractivity contribution is -0.385. The Balaban J connectivity index is 1.46. The fraction of sp³-hybridized carbons (Fsp3) is 0.130. The molecule has 1 aliphatic rings. The average Bonchev–Trinajstić information content (AvgIpc) is 3.06. The molecule has 0 aromatic heterocycles. The van der Waals surface area contributed by atoms with Crippen molar-refractivity contribution in [1.82, 2.24) is 4.90 Å². The van der Waals surface area contributed by atoms with Gasteiger partial charge in [-0.25, -0.2) is 0 Å². The number of nitro benzene ring substituents is 1. The van der Waals surface area contributed by atoms with E-state index in [9.17, 15) is 19.7 Å². The number of rotatable bonds is 7. The van der Waals surface area contributed by atoms with Crippen LogP contribution in [0.15, 0.2) is 65.6 Å². The summed E-state index contributed by atoms with van der Waals surface area (Å²) in [5, 5.41) is 12.8. The summed E-state index contributed by atoms with van der Waals surface area (Å²) in [6.07, 6.45) is 1.46. The topological polar surface area (TPSA) is 99.0 Å². The van der Waals surface area contributed by atoms with E-state index in [1.165, 1.54) is 25.3 Å². The van der Waals surface area contributed by atoms with Gasteiger partial charge in [-0.05, 0) is 40.9 Å². The lowest BCUT2D eigenvalue weighted by Gasteiger charge is -2.14. The number of imide groups is 1. The summed E-state index contributed by atoms with van der Waals surface area (Å²) >= 11 is 0.792. The van der Waals surface area contributed by atoms with Gasteiger partial charge in [-0.1, -0.05) is 42.5 Å². The van der Waals surface area contributed by atoms with Gasteiger partial charge in [0, 0.05) is 11.5 Å². The molecular formula is C23H18N2O6S. The van der Waals surface area contributed by atoms with Gasteiger partial charge in [-0.3, -0.25) is 24.6 Å². The molecule has 0 spiro atoms. The summed E-state index contributed by atoms with van der Waals surface area (Å²) in [7, 11) is 1.34. The molecule has 4 rings (SSSR count). The van der Waals surface area contributed by atoms with Crippen molar-refractivity contribution >= 4 is 45.4 Å². The molecule has 0 N–H and O–H groups in total. The minimum atomic E-state index is -0.563. The van der Waals surface area contributed by atoms with Crippen LogP contribution in [0.3, 0.4) is 0 Å². The van der Waals surface area contributed by atoms with E-state index in [0.29, 0.717) is 11.3 Å². The highest BCUT2D eigenvalue weighted by molar-refractivity contribution is 8.18. The zero-order valence-electron chi connectivity index (χ0n) is 17.0. The first kappa shape index (κ1) is 21.4. The zero-order valence-corrected chi connectivity index (χ0v) is 17.8. The molecule has 8 nitrogen and oxygen atoms in total. The lowest BCUT2D eigenvalue weighted by atomic mass is 10.1. The molecule has 1 aliphatic heterocycles. The monoisotopic (exact) mass is 450 g/mol. The van der Waals surface area contributed by atoms with Gasteiger partial charge in [-0.15, -0.1) is 0 Å². The van der Waals surface area contributed by atoms with Crippen molar-refractivity contribution in [3.63, 3.8) is 0 Å². The number of nitro groups is 1. The Labute approximate surface area is 187 Å². The standard InChI is InChI=1S/C23H18N2O6S/c1-30-20-10-9-15(13-18(20)25(28)29)14-21-22(26)24(23(27)32-21)11-12-31-19-8-4-6-16-5-2-3-7-17(16)19/h2-10,13-14H,11-12H2,1H3/b21-14-. The van der Waals surface area contributed by atoms with E-state index in [4.69, 9.17) is 9.47 Å². The van der Waals surface area contributed by atoms with Crippen molar-refractivity contribution in [3.8, 4) is 11.5 Å². The van der Waals surface area contributed by atoms with E-state index < -0.39 is 16.1 Å². The number of amides is 2. The van der Waals surface area contributed by atoms with Crippen molar-refractivity contribution < 1.29 is 24.0 Å². The molecule has 1 fully saturated rings. The molecule has 9 heteroatoms. The molecule has 3 aromatic rings. The number of ether oxygens (including phenoxy) is 2. The summed E-state index contributed by atoms with van der Waals surface area (Å²) in [6.45, 7) is 0.237. The lowest BCUT2D eigenvalue weighted by Crippen LogP contribution is -2.32. The summed E-state index contributed by atoms with van der Waals surface area (Å²) in [4.78, 5) is 37.0. The van der Waals surface area contributed by atoms with Gasteiger partial charge in [0.1, 0.15) is 12.4 Å². The molecule has 1 saturated heterocycles. The third-order valence-electron chi connectivity index (χ3n) is 4.89. The Morgan fingerprint density at radius 3 is 2.62 bits per heavy atom. The van der Waals surface area contributed by atoms with Crippen LogP contribution in [0.25, 0.3) is 16.8 Å². The van der Waals surface area contributed by atoms with Gasteiger partial charge >= 0.3 is 5.69 Å². The third-order valence-corrected chi connectivity index (χ3v) is 5.80. The van der Waals surface area contributed by atoms with Gasteiger partial charge < -0.3 is 9.47 Å². The predicted octanol–water partition coefficient (Wildman–Crippen LogP) is 4.87. The largest absolute Gasteiger partial charge is 0.491 e. The second kappa shape index (κ2) is 9.11. The van der Waals surface area contributed by atoms with Crippen molar-refractivity contribution in [2.24, 2.45) is 0 Å². The number of nitrogens with zero attached hydrogens (tertiary/aromatic N) is 2. The van der Waals surface area contributed by atoms with Crippen LogP contribution in [0.4, 0.5) is 10.5 Å². The zero-order chi connectivity index (χ0) is 22.7. The van der Waals surface area contributed by atoms with Crippen LogP contribution in [-0.4, -0.2) is 41.2 Å². The van der Waals surface area contributed by atoms with Gasteiger partial charge in [-0.2, -0.15) is 0 Å².